The molecule has 0 fully saturated rings. The molecule has 114 valence electrons. The zero-order valence-corrected chi connectivity index (χ0v) is 14.7. The molecule has 0 radical (unpaired) electrons. The molecule has 23 heavy (non-hydrogen) atoms. The van der Waals surface area contributed by atoms with Crippen LogP contribution in [0.2, 0.25) is 0 Å². The van der Waals surface area contributed by atoms with E-state index >= 15 is 0 Å². The van der Waals surface area contributed by atoms with E-state index in [0.717, 1.165) is 42.4 Å². The van der Waals surface area contributed by atoms with E-state index in [1.807, 2.05) is 18.4 Å². The third kappa shape index (κ3) is 2.46. The normalized spacial score (nSPS) is 11.4. The number of benzene rings is 3. The van der Waals surface area contributed by atoms with Gasteiger partial charge in [0, 0.05) is 15.4 Å². The van der Waals surface area contributed by atoms with Crippen molar-refractivity contribution in [1.29, 1.82) is 0 Å². The van der Waals surface area contributed by atoms with E-state index in [0.29, 0.717) is 0 Å². The van der Waals surface area contributed by atoms with Crippen LogP contribution in [0.3, 0.4) is 0 Å². The fourth-order valence-corrected chi connectivity index (χ4v) is 3.99. The second kappa shape index (κ2) is 5.69. The van der Waals surface area contributed by atoms with Gasteiger partial charge in [-0.2, -0.15) is 0 Å². The van der Waals surface area contributed by atoms with Crippen molar-refractivity contribution in [2.24, 2.45) is 0 Å². The van der Waals surface area contributed by atoms with Gasteiger partial charge in [-0.05, 0) is 59.5 Å². The molecule has 0 aliphatic rings. The summed E-state index contributed by atoms with van der Waals surface area (Å²) in [5.41, 5.74) is 1.74. The van der Waals surface area contributed by atoms with Gasteiger partial charge in [-0.3, -0.25) is 0 Å². The summed E-state index contributed by atoms with van der Waals surface area (Å²) in [6.07, 6.45) is 2.04. The first kappa shape index (κ1) is 14.8. The summed E-state index contributed by atoms with van der Waals surface area (Å²) >= 11 is 5.17. The van der Waals surface area contributed by atoms with Gasteiger partial charge in [0.1, 0.15) is 17.2 Å². The van der Waals surface area contributed by atoms with Crippen LogP contribution in [-0.2, 0) is 0 Å². The highest BCUT2D eigenvalue weighted by Crippen LogP contribution is 2.42. The van der Waals surface area contributed by atoms with Crippen molar-refractivity contribution < 1.29 is 8.81 Å². The van der Waals surface area contributed by atoms with E-state index in [-0.39, 0.29) is 5.82 Å². The number of fused-ring (bicyclic) bond motifs is 3. The fourth-order valence-electron chi connectivity index (χ4n) is 2.86. The summed E-state index contributed by atoms with van der Waals surface area (Å²) in [7, 11) is 0. The van der Waals surface area contributed by atoms with Crippen LogP contribution in [0.5, 0.6) is 0 Å². The van der Waals surface area contributed by atoms with Gasteiger partial charge in [-0.15, -0.1) is 11.8 Å². The Kier molecular flexibility index (Phi) is 3.66. The first-order valence-electron chi connectivity index (χ1n) is 7.12. The van der Waals surface area contributed by atoms with Gasteiger partial charge in [0.25, 0.3) is 0 Å². The Morgan fingerprint density at radius 1 is 1.00 bits per heavy atom. The topological polar surface area (TPSA) is 13.1 Å². The molecule has 1 aromatic heterocycles. The van der Waals surface area contributed by atoms with E-state index in [1.165, 1.54) is 12.1 Å². The molecular formula is C19H12BrFOS. The molecule has 0 spiro atoms. The first-order valence-corrected chi connectivity index (χ1v) is 9.14. The summed E-state index contributed by atoms with van der Waals surface area (Å²) < 4.78 is 20.3. The van der Waals surface area contributed by atoms with Crippen LogP contribution >= 0.6 is 27.7 Å². The minimum absolute atomic E-state index is 0.245. The van der Waals surface area contributed by atoms with Crippen LogP contribution in [-0.4, -0.2) is 6.26 Å². The maximum absolute atomic E-state index is 13.2. The standard InChI is InChI=1S/C19H12BrFOS/c1-23-19-17-15-8-5-13(20)10-12(15)4-9-16(17)22-18(19)11-2-6-14(21)7-3-11/h2-10H,1H3. The number of halogens is 2. The summed E-state index contributed by atoms with van der Waals surface area (Å²) in [5.74, 6) is 0.550. The Morgan fingerprint density at radius 2 is 1.78 bits per heavy atom. The second-order valence-electron chi connectivity index (χ2n) is 5.28. The van der Waals surface area contributed by atoms with Crippen molar-refractivity contribution in [2.75, 3.05) is 6.26 Å². The predicted octanol–water partition coefficient (Wildman–Crippen LogP) is 6.88. The molecule has 0 unspecified atom stereocenters. The largest absolute Gasteiger partial charge is 0.455 e. The Morgan fingerprint density at radius 3 is 2.52 bits per heavy atom. The number of hydrogen-bond donors (Lipinski definition) is 0. The molecule has 0 bridgehead atoms. The molecule has 0 amide bonds. The van der Waals surface area contributed by atoms with Crippen molar-refractivity contribution >= 4 is 49.4 Å². The van der Waals surface area contributed by atoms with Crippen LogP contribution in [0.15, 0.2) is 68.4 Å². The van der Waals surface area contributed by atoms with Gasteiger partial charge in [-0.25, -0.2) is 4.39 Å². The number of furan rings is 1. The van der Waals surface area contributed by atoms with Crippen molar-refractivity contribution in [3.63, 3.8) is 0 Å². The monoisotopic (exact) mass is 386 g/mol. The lowest BCUT2D eigenvalue weighted by atomic mass is 10.1. The minimum Gasteiger partial charge on any atom is -0.455 e. The summed E-state index contributed by atoms with van der Waals surface area (Å²) in [5, 5.41) is 3.43. The van der Waals surface area contributed by atoms with Crippen molar-refractivity contribution in [1.82, 2.24) is 0 Å². The lowest BCUT2D eigenvalue weighted by molar-refractivity contribution is 0.620. The average molecular weight is 387 g/mol. The van der Waals surface area contributed by atoms with Crippen LogP contribution in [0.1, 0.15) is 0 Å². The Bertz CT molecular complexity index is 1020. The van der Waals surface area contributed by atoms with Crippen LogP contribution in [0, 0.1) is 5.82 Å². The molecule has 0 atom stereocenters. The minimum atomic E-state index is -0.245. The summed E-state index contributed by atoms with van der Waals surface area (Å²) in [4.78, 5) is 1.08. The lowest BCUT2D eigenvalue weighted by Gasteiger charge is -2.02. The third-order valence-electron chi connectivity index (χ3n) is 3.90. The molecule has 0 saturated carbocycles. The summed E-state index contributed by atoms with van der Waals surface area (Å²) in [6.45, 7) is 0. The maximum atomic E-state index is 13.2. The van der Waals surface area contributed by atoms with E-state index in [1.54, 1.807) is 23.9 Å². The lowest BCUT2D eigenvalue weighted by Crippen LogP contribution is -1.79. The average Bonchev–Trinajstić information content (AvgIpc) is 2.94. The van der Waals surface area contributed by atoms with Gasteiger partial charge >= 0.3 is 0 Å². The van der Waals surface area contributed by atoms with E-state index in [2.05, 4.69) is 34.1 Å². The molecule has 0 N–H and O–H groups in total. The molecule has 1 nitrogen and oxygen atoms in total. The second-order valence-corrected chi connectivity index (χ2v) is 7.01. The van der Waals surface area contributed by atoms with E-state index in [4.69, 9.17) is 4.42 Å². The van der Waals surface area contributed by atoms with Crippen molar-refractivity contribution in [3.8, 4) is 11.3 Å². The molecule has 0 aliphatic heterocycles. The molecule has 0 saturated heterocycles. The SMILES string of the molecule is CSc1c(-c2ccc(F)cc2)oc2ccc3cc(Br)ccc3c12. The van der Waals surface area contributed by atoms with Crippen LogP contribution in [0.25, 0.3) is 33.1 Å². The Labute approximate surface area is 145 Å². The van der Waals surface area contributed by atoms with E-state index in [9.17, 15) is 4.39 Å². The number of hydrogen-bond acceptors (Lipinski definition) is 2. The molecule has 3 aromatic carbocycles. The van der Waals surface area contributed by atoms with Gasteiger partial charge in [0.15, 0.2) is 0 Å². The molecule has 1 heterocycles. The zero-order valence-electron chi connectivity index (χ0n) is 12.3. The fraction of sp³-hybridized carbons (Fsp3) is 0.0526. The zero-order chi connectivity index (χ0) is 16.0. The Balaban J connectivity index is 2.07. The molecule has 0 aliphatic carbocycles. The molecule has 4 heteroatoms. The van der Waals surface area contributed by atoms with Gasteiger partial charge < -0.3 is 4.42 Å². The predicted molar refractivity (Wildman–Crippen MR) is 98.6 cm³/mol. The van der Waals surface area contributed by atoms with Gasteiger partial charge in [0.05, 0.1) is 4.90 Å². The number of thioether (sulfide) groups is 1. The van der Waals surface area contributed by atoms with Crippen LogP contribution < -0.4 is 0 Å². The smallest absolute Gasteiger partial charge is 0.148 e. The van der Waals surface area contributed by atoms with Crippen LogP contribution in [0.4, 0.5) is 4.39 Å². The highest BCUT2D eigenvalue weighted by Gasteiger charge is 2.17. The maximum Gasteiger partial charge on any atom is 0.148 e. The van der Waals surface area contributed by atoms with Gasteiger partial charge in [-0.1, -0.05) is 28.1 Å². The molecular weight excluding hydrogens is 375 g/mol. The summed E-state index contributed by atoms with van der Waals surface area (Å²) in [6, 6.07) is 16.7. The molecule has 4 rings (SSSR count). The number of rotatable bonds is 2. The van der Waals surface area contributed by atoms with Gasteiger partial charge in [0.2, 0.25) is 0 Å². The first-order chi connectivity index (χ1) is 11.2. The quantitative estimate of drug-likeness (QED) is 0.348. The highest BCUT2D eigenvalue weighted by atomic mass is 79.9. The van der Waals surface area contributed by atoms with Crippen molar-refractivity contribution in [2.45, 2.75) is 4.90 Å². The van der Waals surface area contributed by atoms with E-state index < -0.39 is 0 Å². The molecule has 4 aromatic rings. The third-order valence-corrected chi connectivity index (χ3v) is 5.19. The Hall–Kier alpha value is -1.78. The highest BCUT2D eigenvalue weighted by molar-refractivity contribution is 9.10. The van der Waals surface area contributed by atoms with Crippen molar-refractivity contribution in [3.05, 3.63) is 64.9 Å².